The molecule has 0 unspecified atom stereocenters. The Morgan fingerprint density at radius 2 is 2.10 bits per heavy atom. The third-order valence-electron chi connectivity index (χ3n) is 2.40. The minimum atomic E-state index is -0.317. The zero-order valence-electron chi connectivity index (χ0n) is 10.8. The van der Waals surface area contributed by atoms with Crippen molar-refractivity contribution in [2.24, 2.45) is 0 Å². The first-order chi connectivity index (χ1) is 9.67. The van der Waals surface area contributed by atoms with Crippen molar-refractivity contribution in [3.8, 4) is 11.5 Å². The van der Waals surface area contributed by atoms with Crippen LogP contribution in [0.15, 0.2) is 42.6 Å². The third kappa shape index (κ3) is 4.13. The molecular weight excluding hydrogens is 280 g/mol. The van der Waals surface area contributed by atoms with Gasteiger partial charge in [0, 0.05) is 17.3 Å². The SMILES string of the molecule is COc1cccc(OCC(=O)Nc2cc(Cl)ccn2)c1. The minimum absolute atomic E-state index is 0.124. The highest BCUT2D eigenvalue weighted by Crippen LogP contribution is 2.18. The van der Waals surface area contributed by atoms with E-state index in [0.717, 1.165) is 0 Å². The maximum Gasteiger partial charge on any atom is 0.263 e. The number of carbonyl (C=O) groups is 1. The monoisotopic (exact) mass is 292 g/mol. The first kappa shape index (κ1) is 14.1. The molecule has 2 aromatic rings. The van der Waals surface area contributed by atoms with E-state index in [1.807, 2.05) is 0 Å². The van der Waals surface area contributed by atoms with Gasteiger partial charge in [0.05, 0.1) is 7.11 Å². The molecule has 1 N–H and O–H groups in total. The van der Waals surface area contributed by atoms with Crippen LogP contribution in [0.25, 0.3) is 0 Å². The maximum atomic E-state index is 11.7. The normalized spacial score (nSPS) is 9.90. The largest absolute Gasteiger partial charge is 0.497 e. The molecule has 1 aromatic heterocycles. The number of hydrogen-bond donors (Lipinski definition) is 1. The summed E-state index contributed by atoms with van der Waals surface area (Å²) >= 11 is 5.80. The van der Waals surface area contributed by atoms with Crippen LogP contribution < -0.4 is 14.8 Å². The van der Waals surface area contributed by atoms with Crippen LogP contribution >= 0.6 is 11.6 Å². The van der Waals surface area contributed by atoms with Crippen molar-refractivity contribution >= 4 is 23.3 Å². The second-order valence-corrected chi connectivity index (χ2v) is 4.31. The van der Waals surface area contributed by atoms with Gasteiger partial charge in [-0.25, -0.2) is 4.98 Å². The van der Waals surface area contributed by atoms with E-state index in [4.69, 9.17) is 21.1 Å². The summed E-state index contributed by atoms with van der Waals surface area (Å²) in [6.45, 7) is -0.124. The number of nitrogens with zero attached hydrogens (tertiary/aromatic N) is 1. The van der Waals surface area contributed by atoms with Crippen molar-refractivity contribution < 1.29 is 14.3 Å². The Bertz CT molecular complexity index is 604. The number of aromatic nitrogens is 1. The van der Waals surface area contributed by atoms with Gasteiger partial charge >= 0.3 is 0 Å². The second-order valence-electron chi connectivity index (χ2n) is 3.88. The number of carbonyl (C=O) groups excluding carboxylic acids is 1. The number of ether oxygens (including phenoxy) is 2. The first-order valence-electron chi connectivity index (χ1n) is 5.85. The number of pyridine rings is 1. The molecule has 1 aromatic carbocycles. The number of nitrogens with one attached hydrogen (secondary N) is 1. The summed E-state index contributed by atoms with van der Waals surface area (Å²) in [6.07, 6.45) is 1.51. The summed E-state index contributed by atoms with van der Waals surface area (Å²) in [7, 11) is 1.57. The molecule has 0 aliphatic rings. The standard InChI is InChI=1S/C14H13ClN2O3/c1-19-11-3-2-4-12(8-11)20-9-14(18)17-13-7-10(15)5-6-16-13/h2-8H,9H2,1H3,(H,16,17,18). The van der Waals surface area contributed by atoms with Crippen molar-refractivity contribution in [3.63, 3.8) is 0 Å². The van der Waals surface area contributed by atoms with Crippen molar-refractivity contribution in [2.45, 2.75) is 0 Å². The van der Waals surface area contributed by atoms with Gasteiger partial charge in [0.2, 0.25) is 0 Å². The summed E-state index contributed by atoms with van der Waals surface area (Å²) < 4.78 is 10.4. The molecule has 0 radical (unpaired) electrons. The zero-order valence-corrected chi connectivity index (χ0v) is 11.6. The summed E-state index contributed by atoms with van der Waals surface area (Å²) in [6, 6.07) is 10.2. The van der Waals surface area contributed by atoms with E-state index in [1.165, 1.54) is 6.20 Å². The lowest BCUT2D eigenvalue weighted by Crippen LogP contribution is -2.20. The van der Waals surface area contributed by atoms with Crippen LogP contribution in [-0.2, 0) is 4.79 Å². The lowest BCUT2D eigenvalue weighted by Gasteiger charge is -2.08. The van der Waals surface area contributed by atoms with Crippen LogP contribution in [0.4, 0.5) is 5.82 Å². The van der Waals surface area contributed by atoms with E-state index >= 15 is 0 Å². The van der Waals surface area contributed by atoms with Crippen LogP contribution in [0.1, 0.15) is 0 Å². The number of hydrogen-bond acceptors (Lipinski definition) is 4. The fourth-order valence-electron chi connectivity index (χ4n) is 1.49. The van der Waals surface area contributed by atoms with Gasteiger partial charge in [-0.3, -0.25) is 4.79 Å². The van der Waals surface area contributed by atoms with Gasteiger partial charge in [0.25, 0.3) is 5.91 Å². The minimum Gasteiger partial charge on any atom is -0.497 e. The van der Waals surface area contributed by atoms with Crippen LogP contribution in [0.3, 0.4) is 0 Å². The number of halogens is 1. The van der Waals surface area contributed by atoms with Gasteiger partial charge in [-0.15, -0.1) is 0 Å². The second kappa shape index (κ2) is 6.77. The van der Waals surface area contributed by atoms with Gasteiger partial charge in [-0.2, -0.15) is 0 Å². The molecule has 0 spiro atoms. The first-order valence-corrected chi connectivity index (χ1v) is 6.23. The number of anilines is 1. The predicted octanol–water partition coefficient (Wildman–Crippen LogP) is 2.76. The summed E-state index contributed by atoms with van der Waals surface area (Å²) in [5, 5.41) is 3.09. The van der Waals surface area contributed by atoms with Gasteiger partial charge in [0.15, 0.2) is 6.61 Å². The Hall–Kier alpha value is -2.27. The molecule has 0 saturated heterocycles. The molecule has 1 amide bonds. The molecule has 6 heteroatoms. The van der Waals surface area contributed by atoms with Crippen molar-refractivity contribution in [1.29, 1.82) is 0 Å². The molecule has 1 heterocycles. The van der Waals surface area contributed by atoms with E-state index in [0.29, 0.717) is 22.3 Å². The molecule has 0 saturated carbocycles. The van der Waals surface area contributed by atoms with Gasteiger partial charge < -0.3 is 14.8 Å². The highest BCUT2D eigenvalue weighted by Gasteiger charge is 2.05. The van der Waals surface area contributed by atoms with Crippen LogP contribution in [0.2, 0.25) is 5.02 Å². The molecule has 104 valence electrons. The third-order valence-corrected chi connectivity index (χ3v) is 2.64. The number of rotatable bonds is 5. The lowest BCUT2D eigenvalue weighted by atomic mass is 10.3. The Labute approximate surface area is 121 Å². The van der Waals surface area contributed by atoms with Gasteiger partial charge in [-0.05, 0) is 24.3 Å². The molecule has 2 rings (SSSR count). The van der Waals surface area contributed by atoms with E-state index < -0.39 is 0 Å². The fourth-order valence-corrected chi connectivity index (χ4v) is 1.65. The number of methoxy groups -OCH3 is 1. The molecule has 0 aliphatic heterocycles. The van der Waals surface area contributed by atoms with E-state index in [-0.39, 0.29) is 12.5 Å². The van der Waals surface area contributed by atoms with Crippen LogP contribution in [-0.4, -0.2) is 24.6 Å². The van der Waals surface area contributed by atoms with Crippen molar-refractivity contribution in [3.05, 3.63) is 47.6 Å². The predicted molar refractivity (Wildman–Crippen MR) is 76.4 cm³/mol. The summed E-state index contributed by atoms with van der Waals surface area (Å²) in [5.41, 5.74) is 0. The Kier molecular flexibility index (Phi) is 4.79. The van der Waals surface area contributed by atoms with Crippen LogP contribution in [0.5, 0.6) is 11.5 Å². The Morgan fingerprint density at radius 1 is 1.30 bits per heavy atom. The smallest absolute Gasteiger partial charge is 0.263 e. The summed E-state index contributed by atoms with van der Waals surface area (Å²) in [5.74, 6) is 1.29. The lowest BCUT2D eigenvalue weighted by molar-refractivity contribution is -0.118. The average molecular weight is 293 g/mol. The molecule has 20 heavy (non-hydrogen) atoms. The zero-order chi connectivity index (χ0) is 14.4. The van der Waals surface area contributed by atoms with Crippen LogP contribution in [0, 0.1) is 0 Å². The summed E-state index contributed by atoms with van der Waals surface area (Å²) in [4.78, 5) is 15.7. The fraction of sp³-hybridized carbons (Fsp3) is 0.143. The molecular formula is C14H13ClN2O3. The highest BCUT2D eigenvalue weighted by molar-refractivity contribution is 6.30. The van der Waals surface area contributed by atoms with Gasteiger partial charge in [0.1, 0.15) is 17.3 Å². The van der Waals surface area contributed by atoms with Crippen molar-refractivity contribution in [1.82, 2.24) is 4.98 Å². The molecule has 0 bridgehead atoms. The Morgan fingerprint density at radius 3 is 2.85 bits per heavy atom. The van der Waals surface area contributed by atoms with E-state index in [9.17, 15) is 4.79 Å². The van der Waals surface area contributed by atoms with Gasteiger partial charge in [-0.1, -0.05) is 17.7 Å². The molecule has 0 atom stereocenters. The quantitative estimate of drug-likeness (QED) is 0.920. The van der Waals surface area contributed by atoms with E-state index in [2.05, 4.69) is 10.3 Å². The number of amides is 1. The maximum absolute atomic E-state index is 11.7. The molecule has 0 aliphatic carbocycles. The topological polar surface area (TPSA) is 60.5 Å². The highest BCUT2D eigenvalue weighted by atomic mass is 35.5. The molecule has 0 fully saturated rings. The number of benzene rings is 1. The van der Waals surface area contributed by atoms with Crippen molar-refractivity contribution in [2.75, 3.05) is 19.0 Å². The van der Waals surface area contributed by atoms with E-state index in [1.54, 1.807) is 43.5 Å². The Balaban J connectivity index is 1.88. The average Bonchev–Trinajstić information content (AvgIpc) is 2.45. The molecule has 5 nitrogen and oxygen atoms in total.